The minimum atomic E-state index is 0.204. The first-order valence-corrected chi connectivity index (χ1v) is 4.02. The number of nitrogens with zero attached hydrogens (tertiary/aromatic N) is 3. The largest absolute Gasteiger partial charge is 0.504 e. The highest BCUT2D eigenvalue weighted by atomic mass is 16.3. The molecule has 68 valence electrons. The number of hydrogen-bond donors (Lipinski definition) is 1. The summed E-state index contributed by atoms with van der Waals surface area (Å²) >= 11 is 0. The van der Waals surface area contributed by atoms with Gasteiger partial charge in [-0.1, -0.05) is 0 Å². The fourth-order valence-corrected chi connectivity index (χ4v) is 1.20. The molecule has 0 saturated carbocycles. The fourth-order valence-electron chi connectivity index (χ4n) is 1.20. The van der Waals surface area contributed by atoms with Crippen molar-refractivity contribution in [1.29, 1.82) is 0 Å². The fraction of sp³-hybridized carbons (Fsp3) is 0.222. The van der Waals surface area contributed by atoms with Gasteiger partial charge in [0.2, 0.25) is 0 Å². The summed E-state index contributed by atoms with van der Waals surface area (Å²) < 4.78 is 1.80. The molecule has 0 atom stereocenters. The van der Waals surface area contributed by atoms with E-state index in [0.29, 0.717) is 5.65 Å². The monoisotopic (exact) mass is 177 g/mol. The minimum absolute atomic E-state index is 0.204. The first kappa shape index (κ1) is 7.91. The van der Waals surface area contributed by atoms with E-state index in [1.54, 1.807) is 16.5 Å². The summed E-state index contributed by atoms with van der Waals surface area (Å²) in [6.07, 6.45) is 3.73. The van der Waals surface area contributed by atoms with Crippen molar-refractivity contribution in [3.8, 4) is 5.75 Å². The molecule has 0 aliphatic rings. The van der Waals surface area contributed by atoms with E-state index in [2.05, 4.69) is 4.98 Å². The molecule has 2 aromatic heterocycles. The SMILES string of the molecule is CN(C)c1cn2cccc(O)c2n1. The first-order valence-electron chi connectivity index (χ1n) is 4.02. The zero-order valence-corrected chi connectivity index (χ0v) is 7.60. The number of anilines is 1. The van der Waals surface area contributed by atoms with Crippen LogP contribution in [0.1, 0.15) is 0 Å². The van der Waals surface area contributed by atoms with Crippen molar-refractivity contribution in [3.63, 3.8) is 0 Å². The molecule has 0 amide bonds. The molecule has 0 radical (unpaired) electrons. The number of pyridine rings is 1. The van der Waals surface area contributed by atoms with Crippen LogP contribution in [0.4, 0.5) is 5.82 Å². The van der Waals surface area contributed by atoms with Crippen LogP contribution in [-0.4, -0.2) is 28.6 Å². The molecule has 0 aromatic carbocycles. The molecule has 1 N–H and O–H groups in total. The average molecular weight is 177 g/mol. The van der Waals surface area contributed by atoms with Crippen LogP contribution in [-0.2, 0) is 0 Å². The molecule has 2 aromatic rings. The van der Waals surface area contributed by atoms with Gasteiger partial charge in [0.1, 0.15) is 5.82 Å². The second kappa shape index (κ2) is 2.65. The lowest BCUT2D eigenvalue weighted by molar-refractivity contribution is 0.477. The van der Waals surface area contributed by atoms with Gasteiger partial charge in [-0.3, -0.25) is 0 Å². The molecule has 13 heavy (non-hydrogen) atoms. The van der Waals surface area contributed by atoms with E-state index in [9.17, 15) is 5.11 Å². The van der Waals surface area contributed by atoms with Crippen molar-refractivity contribution in [3.05, 3.63) is 24.5 Å². The van der Waals surface area contributed by atoms with E-state index < -0.39 is 0 Å². The Morgan fingerprint density at radius 2 is 2.23 bits per heavy atom. The lowest BCUT2D eigenvalue weighted by Crippen LogP contribution is -2.08. The van der Waals surface area contributed by atoms with Crippen molar-refractivity contribution in [2.45, 2.75) is 0 Å². The maximum atomic E-state index is 9.46. The zero-order chi connectivity index (χ0) is 9.42. The Hall–Kier alpha value is -1.71. The molecule has 0 aliphatic carbocycles. The van der Waals surface area contributed by atoms with Crippen LogP contribution in [0.15, 0.2) is 24.5 Å². The predicted molar refractivity (Wildman–Crippen MR) is 51.2 cm³/mol. The molecule has 4 nitrogen and oxygen atoms in total. The summed E-state index contributed by atoms with van der Waals surface area (Å²) in [6, 6.07) is 3.41. The highest BCUT2D eigenvalue weighted by Gasteiger charge is 2.05. The van der Waals surface area contributed by atoms with Gasteiger partial charge in [0.05, 0.1) is 6.20 Å². The Kier molecular flexibility index (Phi) is 1.62. The van der Waals surface area contributed by atoms with E-state index in [-0.39, 0.29) is 5.75 Å². The van der Waals surface area contributed by atoms with E-state index in [1.807, 2.05) is 31.4 Å². The van der Waals surface area contributed by atoms with Gasteiger partial charge >= 0.3 is 0 Å². The van der Waals surface area contributed by atoms with Gasteiger partial charge in [0.15, 0.2) is 11.4 Å². The van der Waals surface area contributed by atoms with Gasteiger partial charge in [-0.05, 0) is 12.1 Å². The number of aromatic nitrogens is 2. The maximum Gasteiger partial charge on any atom is 0.181 e. The second-order valence-electron chi connectivity index (χ2n) is 3.12. The second-order valence-corrected chi connectivity index (χ2v) is 3.12. The van der Waals surface area contributed by atoms with E-state index in [1.165, 1.54) is 0 Å². The molecule has 0 fully saturated rings. The Morgan fingerprint density at radius 1 is 1.46 bits per heavy atom. The molecular formula is C9H11N3O. The zero-order valence-electron chi connectivity index (χ0n) is 7.60. The summed E-state index contributed by atoms with van der Waals surface area (Å²) in [6.45, 7) is 0. The Balaban J connectivity index is 2.68. The molecule has 0 saturated heterocycles. The van der Waals surface area contributed by atoms with Crippen molar-refractivity contribution in [1.82, 2.24) is 9.38 Å². The van der Waals surface area contributed by atoms with Crippen LogP contribution in [0, 0.1) is 0 Å². The van der Waals surface area contributed by atoms with Gasteiger partial charge in [-0.25, -0.2) is 4.98 Å². The molecule has 4 heteroatoms. The number of rotatable bonds is 1. The van der Waals surface area contributed by atoms with Gasteiger partial charge < -0.3 is 14.4 Å². The van der Waals surface area contributed by atoms with Gasteiger partial charge in [0.25, 0.3) is 0 Å². The highest BCUT2D eigenvalue weighted by molar-refractivity contribution is 5.58. The topological polar surface area (TPSA) is 40.8 Å². The predicted octanol–water partition coefficient (Wildman–Crippen LogP) is 1.11. The van der Waals surface area contributed by atoms with Crippen LogP contribution in [0.5, 0.6) is 5.75 Å². The third-order valence-electron chi connectivity index (χ3n) is 1.91. The number of imidazole rings is 1. The molecule has 2 rings (SSSR count). The standard InChI is InChI=1S/C9H11N3O/c1-11(2)8-6-12-5-3-4-7(13)9(12)10-8/h3-6,13H,1-2H3. The molecule has 0 spiro atoms. The van der Waals surface area contributed by atoms with Crippen molar-refractivity contribution in [2.24, 2.45) is 0 Å². The van der Waals surface area contributed by atoms with Crippen LogP contribution in [0.3, 0.4) is 0 Å². The maximum absolute atomic E-state index is 9.46. The Labute approximate surface area is 76.1 Å². The van der Waals surface area contributed by atoms with E-state index in [0.717, 1.165) is 5.82 Å². The van der Waals surface area contributed by atoms with E-state index in [4.69, 9.17) is 0 Å². The molecule has 2 heterocycles. The number of aromatic hydroxyl groups is 1. The van der Waals surface area contributed by atoms with Crippen molar-refractivity contribution in [2.75, 3.05) is 19.0 Å². The van der Waals surface area contributed by atoms with E-state index >= 15 is 0 Å². The average Bonchev–Trinajstić information content (AvgIpc) is 2.49. The van der Waals surface area contributed by atoms with Crippen LogP contribution in [0.2, 0.25) is 0 Å². The summed E-state index contributed by atoms with van der Waals surface area (Å²) in [5.41, 5.74) is 0.589. The Morgan fingerprint density at radius 3 is 2.85 bits per heavy atom. The van der Waals surface area contributed by atoms with Crippen LogP contribution < -0.4 is 4.90 Å². The lowest BCUT2D eigenvalue weighted by atomic mass is 10.4. The van der Waals surface area contributed by atoms with Crippen LogP contribution in [0.25, 0.3) is 5.65 Å². The summed E-state index contributed by atoms with van der Waals surface area (Å²) in [5, 5.41) is 9.46. The van der Waals surface area contributed by atoms with Gasteiger partial charge in [-0.15, -0.1) is 0 Å². The lowest BCUT2D eigenvalue weighted by Gasteiger charge is -2.05. The quantitative estimate of drug-likeness (QED) is 0.709. The smallest absolute Gasteiger partial charge is 0.181 e. The number of fused-ring (bicyclic) bond motifs is 1. The minimum Gasteiger partial charge on any atom is -0.504 e. The molecule has 0 unspecified atom stereocenters. The van der Waals surface area contributed by atoms with Crippen molar-refractivity contribution >= 4 is 11.5 Å². The molecular weight excluding hydrogens is 166 g/mol. The normalized spacial score (nSPS) is 10.6. The third kappa shape index (κ3) is 1.20. The Bertz CT molecular complexity index is 433. The van der Waals surface area contributed by atoms with Gasteiger partial charge in [0, 0.05) is 20.3 Å². The summed E-state index contributed by atoms with van der Waals surface area (Å²) in [7, 11) is 3.83. The van der Waals surface area contributed by atoms with Gasteiger partial charge in [-0.2, -0.15) is 0 Å². The summed E-state index contributed by atoms with van der Waals surface area (Å²) in [4.78, 5) is 6.15. The molecule has 0 bridgehead atoms. The highest BCUT2D eigenvalue weighted by Crippen LogP contribution is 2.19. The summed E-state index contributed by atoms with van der Waals surface area (Å²) in [5.74, 6) is 1.04. The number of hydrogen-bond acceptors (Lipinski definition) is 3. The first-order chi connectivity index (χ1) is 6.18. The molecule has 0 aliphatic heterocycles. The van der Waals surface area contributed by atoms with Crippen LogP contribution >= 0.6 is 0 Å². The third-order valence-corrected chi connectivity index (χ3v) is 1.91. The van der Waals surface area contributed by atoms with Crippen molar-refractivity contribution < 1.29 is 5.11 Å².